The van der Waals surface area contributed by atoms with Gasteiger partial charge in [0.1, 0.15) is 43.5 Å². The van der Waals surface area contributed by atoms with Gasteiger partial charge < -0.3 is 12.7 Å². The molecule has 0 N–H and O–H groups in total. The molecule has 0 amide bonds. The molecule has 0 aliphatic heterocycles. The maximum absolute atomic E-state index is 12.8. The van der Waals surface area contributed by atoms with Gasteiger partial charge in [0.15, 0.2) is 0 Å². The van der Waals surface area contributed by atoms with Gasteiger partial charge in [-0.15, -0.1) is 11.4 Å². The third-order valence-corrected chi connectivity index (χ3v) is 13.7. The molecule has 8 aromatic carbocycles. The molecule has 0 saturated carbocycles. The third kappa shape index (κ3) is 13.0. The van der Waals surface area contributed by atoms with Crippen LogP contribution in [0.1, 0.15) is 0 Å². The van der Waals surface area contributed by atoms with Crippen LogP contribution in [-0.4, -0.2) is 0 Å². The van der Waals surface area contributed by atoms with E-state index in [2.05, 4.69) is 187 Å². The molecule has 0 saturated heterocycles. The van der Waals surface area contributed by atoms with E-state index >= 15 is 0 Å². The smallest absolute Gasteiger partial charge is 0.658 e. The van der Waals surface area contributed by atoms with Crippen molar-refractivity contribution in [1.29, 1.82) is 0 Å². The van der Waals surface area contributed by atoms with Crippen molar-refractivity contribution in [2.75, 3.05) is 0 Å². The quantitative estimate of drug-likeness (QED) is 0.0825. The Morgan fingerprint density at radius 1 is 0.291 bits per heavy atom. The van der Waals surface area contributed by atoms with Crippen LogP contribution in [0.5, 0.6) is 0 Å². The van der Waals surface area contributed by atoms with Gasteiger partial charge in [0.2, 0.25) is 0 Å². The summed E-state index contributed by atoms with van der Waals surface area (Å²) in [6, 6.07) is 76.7. The van der Waals surface area contributed by atoms with E-state index in [1.807, 2.05) is 0 Å². The largest absolute Gasteiger partial charge is 2.00 e. The van der Waals surface area contributed by atoms with Gasteiger partial charge in [-0.3, -0.25) is 0 Å². The molecule has 0 aromatic heterocycles. The predicted molar refractivity (Wildman–Crippen MR) is 235 cm³/mol. The Bertz CT molecular complexity index is 1880. The summed E-state index contributed by atoms with van der Waals surface area (Å²) in [5, 5.41) is 12.7. The molecule has 0 aliphatic carbocycles. The Kier molecular flexibility index (Phi) is 17.7. The first-order valence-corrected chi connectivity index (χ1v) is 20.4. The summed E-state index contributed by atoms with van der Waals surface area (Å²) in [4.78, 5) is 0. The maximum atomic E-state index is 12.8. The molecule has 6 heteroatoms. The van der Waals surface area contributed by atoms with Crippen molar-refractivity contribution in [3.05, 3.63) is 255 Å². The van der Waals surface area contributed by atoms with E-state index in [0.717, 1.165) is 0 Å². The zero-order chi connectivity index (χ0) is 36.5. The fourth-order valence-corrected chi connectivity index (χ4v) is 11.0. The molecular weight excluding hydrogens is 766 g/mol. The van der Waals surface area contributed by atoms with Gasteiger partial charge in [-0.05, 0) is 97.1 Å². The second kappa shape index (κ2) is 22.9. The Morgan fingerprint density at radius 2 is 0.509 bits per heavy atom. The third-order valence-electron chi connectivity index (χ3n) is 8.25. The Morgan fingerprint density at radius 3 is 0.709 bits per heavy atom. The molecule has 8 aromatic rings. The van der Waals surface area contributed by atoms with Crippen LogP contribution in [0.3, 0.4) is 0 Å². The normalized spacial score (nSPS) is 10.0. The van der Waals surface area contributed by atoms with Crippen molar-refractivity contribution >= 4 is 59.0 Å². The van der Waals surface area contributed by atoms with Gasteiger partial charge in [-0.2, -0.15) is 0 Å². The first-order valence-electron chi connectivity index (χ1n) is 17.4. The molecule has 0 unspecified atom stereocenters. The van der Waals surface area contributed by atoms with Crippen molar-refractivity contribution in [3.8, 4) is 0 Å². The van der Waals surface area contributed by atoms with Crippen molar-refractivity contribution in [2.24, 2.45) is 0 Å². The summed E-state index contributed by atoms with van der Waals surface area (Å²) in [5.41, 5.74) is 0.946. The van der Waals surface area contributed by atoms with E-state index in [0.29, 0.717) is 11.4 Å². The van der Waals surface area contributed by atoms with E-state index < -0.39 is 15.8 Å². The van der Waals surface area contributed by atoms with E-state index in [1.165, 1.54) is 56.1 Å². The van der Waals surface area contributed by atoms with Crippen LogP contribution in [0.2, 0.25) is 0 Å². The Hall–Kier alpha value is -5.20. The minimum Gasteiger partial charge on any atom is -0.658 e. The molecule has 55 heavy (non-hydrogen) atoms. The van der Waals surface area contributed by atoms with Crippen LogP contribution >= 0.6 is 15.8 Å². The fourth-order valence-electron chi connectivity index (χ4n) is 5.87. The van der Waals surface area contributed by atoms with Crippen molar-refractivity contribution in [2.45, 2.75) is 0 Å². The number of benzene rings is 8. The summed E-state index contributed by atoms with van der Waals surface area (Å²) in [7, 11) is -1.75. The second-order valence-corrected chi connectivity index (χ2v) is 17.0. The van der Waals surface area contributed by atoms with Crippen LogP contribution in [0.4, 0.5) is 20.2 Å². The Labute approximate surface area is 338 Å². The second-order valence-electron chi connectivity index (χ2n) is 12.0. The van der Waals surface area contributed by atoms with E-state index in [9.17, 15) is 8.78 Å². The minimum absolute atomic E-state index is 0. The van der Waals surface area contributed by atoms with Gasteiger partial charge in [0.25, 0.3) is 0 Å². The summed E-state index contributed by atoms with van der Waals surface area (Å²) in [5.74, 6) is -0.708. The molecule has 0 bridgehead atoms. The zero-order valence-corrected chi connectivity index (χ0v) is 33.4. The molecule has 0 spiro atoms. The van der Waals surface area contributed by atoms with Gasteiger partial charge in [0.05, 0.1) is 15.8 Å². The molecule has 1 nitrogen and oxygen atoms in total. The van der Waals surface area contributed by atoms with Crippen LogP contribution in [0.25, 0.3) is 5.32 Å². The van der Waals surface area contributed by atoms with E-state index in [-0.39, 0.29) is 36.1 Å². The Balaban J connectivity index is 0.000000182. The average molecular weight is 809 g/mol. The number of hydrogen-bond donors (Lipinski definition) is 0. The topological polar surface area (TPSA) is 14.1 Å². The summed E-state index contributed by atoms with van der Waals surface area (Å²) in [6.07, 6.45) is 0. The van der Waals surface area contributed by atoms with Crippen LogP contribution in [0, 0.1) is 19.1 Å². The zero-order valence-electron chi connectivity index (χ0n) is 30.4. The van der Waals surface area contributed by atoms with Crippen molar-refractivity contribution in [1.82, 2.24) is 0 Å². The molecule has 0 atom stereocenters. The predicted octanol–water partition coefficient (Wildman–Crippen LogP) is 11.1. The molecule has 0 fully saturated rings. The monoisotopic (exact) mass is 808 g/mol. The first-order chi connectivity index (χ1) is 26.1. The van der Waals surface area contributed by atoms with Crippen LogP contribution in [0.15, 0.2) is 231 Å². The molecule has 277 valence electrons. The van der Waals surface area contributed by atoms with E-state index in [1.54, 1.807) is 24.3 Å². The number of rotatable bonds is 8. The van der Waals surface area contributed by atoms with Crippen molar-refractivity contribution in [3.63, 3.8) is 0 Å². The van der Waals surface area contributed by atoms with E-state index in [4.69, 9.17) is 0 Å². The van der Waals surface area contributed by atoms with Gasteiger partial charge in [-0.25, -0.2) is 8.78 Å². The van der Waals surface area contributed by atoms with Crippen LogP contribution < -0.4 is 31.8 Å². The summed E-state index contributed by atoms with van der Waals surface area (Å²) < 4.78 is 25.6. The SMILES string of the molecule is Fc1cccc([N-]c2cccc(F)c2)c1.[CH3-].[Cu+2].c1ccc([PH+](c2ccccc2)c2ccccc2)cc1.c1ccc([PH+](c2ccccc2)c2ccccc2)cc1. The molecule has 0 heterocycles. The maximum Gasteiger partial charge on any atom is 2.00 e. The van der Waals surface area contributed by atoms with Gasteiger partial charge in [0, 0.05) is 0 Å². The minimum atomic E-state index is -0.877. The summed E-state index contributed by atoms with van der Waals surface area (Å²) in [6.45, 7) is 0. The van der Waals surface area contributed by atoms with Gasteiger partial charge in [-0.1, -0.05) is 133 Å². The van der Waals surface area contributed by atoms with Crippen molar-refractivity contribution < 1.29 is 25.8 Å². The number of halogens is 2. The molecular formula is C49H43CuF2NP2+2. The standard InChI is InChI=1S/2C18H15P.C12H8F2N.CH3.Cu/c2*1-4-10-16(11-5-1)19(17-12-6-2-7-13-17)18-14-8-3-9-15-18;13-9-3-1-5-11(7-9)15-12-6-2-4-10(14)8-12;;/h2*1-15H;1-8H;1H3;/q;;2*-1;+2/p+2. The van der Waals surface area contributed by atoms with Gasteiger partial charge >= 0.3 is 17.1 Å². The molecule has 0 aliphatic rings. The molecule has 1 radical (unpaired) electrons. The molecule has 8 rings (SSSR count). The first kappa shape index (κ1) is 42.5. The average Bonchev–Trinajstić information content (AvgIpc) is 3.21. The number of hydrogen-bond acceptors (Lipinski definition) is 0. The van der Waals surface area contributed by atoms with Crippen LogP contribution in [-0.2, 0) is 17.1 Å². The number of nitrogens with zero attached hydrogens (tertiary/aromatic N) is 1. The summed E-state index contributed by atoms with van der Waals surface area (Å²) >= 11 is 0. The fraction of sp³-hybridized carbons (Fsp3) is 0.